The summed E-state index contributed by atoms with van der Waals surface area (Å²) in [6.07, 6.45) is 27.6. The van der Waals surface area contributed by atoms with Crippen molar-refractivity contribution in [1.29, 1.82) is 0 Å². The summed E-state index contributed by atoms with van der Waals surface area (Å²) < 4.78 is 22.6. The van der Waals surface area contributed by atoms with Gasteiger partial charge in [-0.1, -0.05) is 148 Å². The number of aliphatic hydroxyl groups is 1. The molecule has 0 spiro atoms. The Bertz CT molecular complexity index is 1150. The fourth-order valence-electron chi connectivity index (χ4n) is 7.18. The van der Waals surface area contributed by atoms with Gasteiger partial charge in [-0.15, -0.1) is 0 Å². The predicted octanol–water partition coefficient (Wildman–Crippen LogP) is 11.1. The summed E-state index contributed by atoms with van der Waals surface area (Å²) in [6.45, 7) is 10.1. The number of allylic oxidation sites excluding steroid dienone is 1. The molecular weight excluding hydrogens is 763 g/mol. The van der Waals surface area contributed by atoms with Crippen molar-refractivity contribution in [3.8, 4) is 0 Å². The second-order valence-corrected chi connectivity index (χ2v) is 17.6. The second-order valence-electron chi connectivity index (χ2n) is 17.6. The zero-order valence-corrected chi connectivity index (χ0v) is 39.5. The van der Waals surface area contributed by atoms with Crippen molar-refractivity contribution in [1.82, 2.24) is 0 Å². The fourth-order valence-corrected chi connectivity index (χ4v) is 7.18. The van der Waals surface area contributed by atoms with Crippen LogP contribution in [0.25, 0.3) is 0 Å². The van der Waals surface area contributed by atoms with E-state index in [0.717, 1.165) is 89.9 Å². The standard InChI is InChI=1S/C49H90NO10/c1-8-11-14-16-20-24-29-33-43(41(4)51)49(56)60-48(37-32-27-21-17-15-12-9-2)59-46(54)36-31-26-23-19-18-22-25-30-34-44(53)45(35-28-13-10-3)58-47(55)40-50(6,7)38-39-57-42(5)52/h25,30,43-45,48,53H,8-24,26-29,31-40H2,1-7H3/q+1/b30-25-. The van der Waals surface area contributed by atoms with E-state index >= 15 is 0 Å². The summed E-state index contributed by atoms with van der Waals surface area (Å²) in [5.74, 6) is -2.68. The van der Waals surface area contributed by atoms with E-state index in [1.807, 2.05) is 20.2 Å². The number of ether oxygens (including phenoxy) is 4. The van der Waals surface area contributed by atoms with Gasteiger partial charge in [0.05, 0.1) is 20.2 Å². The Balaban J connectivity index is 4.78. The van der Waals surface area contributed by atoms with E-state index < -0.39 is 30.4 Å². The van der Waals surface area contributed by atoms with Crippen molar-refractivity contribution in [2.75, 3.05) is 33.8 Å². The molecule has 11 heteroatoms. The number of unbranched alkanes of at least 4 members (excludes halogenated alkanes) is 19. The molecule has 0 aromatic carbocycles. The molecule has 0 aromatic heterocycles. The summed E-state index contributed by atoms with van der Waals surface area (Å²) in [6, 6.07) is 0. The zero-order valence-electron chi connectivity index (χ0n) is 39.5. The highest BCUT2D eigenvalue weighted by Gasteiger charge is 2.29. The Morgan fingerprint density at radius 3 is 1.68 bits per heavy atom. The molecule has 11 nitrogen and oxygen atoms in total. The summed E-state index contributed by atoms with van der Waals surface area (Å²) in [5, 5.41) is 10.9. The molecule has 0 radical (unpaired) electrons. The van der Waals surface area contributed by atoms with Crippen LogP contribution < -0.4 is 0 Å². The summed E-state index contributed by atoms with van der Waals surface area (Å²) in [5.41, 5.74) is 0. The van der Waals surface area contributed by atoms with Crippen LogP contribution in [0.4, 0.5) is 0 Å². The third-order valence-corrected chi connectivity index (χ3v) is 11.1. The summed E-state index contributed by atoms with van der Waals surface area (Å²) in [7, 11) is 3.76. The van der Waals surface area contributed by atoms with E-state index in [1.54, 1.807) is 0 Å². The first-order valence-corrected chi connectivity index (χ1v) is 24.1. The quantitative estimate of drug-likeness (QED) is 0.0120. The molecular formula is C49H90NO10+. The molecule has 0 aliphatic carbocycles. The van der Waals surface area contributed by atoms with Gasteiger partial charge in [0.2, 0.25) is 6.29 Å². The number of likely N-dealkylation sites (N-methyl/N-ethyl adjacent to an activating group) is 1. The van der Waals surface area contributed by atoms with Gasteiger partial charge in [0.1, 0.15) is 31.0 Å². The van der Waals surface area contributed by atoms with Crippen molar-refractivity contribution in [3.63, 3.8) is 0 Å². The molecule has 0 amide bonds. The van der Waals surface area contributed by atoms with Crippen LogP contribution in [0.1, 0.15) is 214 Å². The predicted molar refractivity (Wildman–Crippen MR) is 240 cm³/mol. The Morgan fingerprint density at radius 1 is 0.583 bits per heavy atom. The SMILES string of the molecule is CCCCCCCCCC(OC(=O)CCCCCCC/C=C\CC(O)C(CCCCC)OC(=O)C[N+](C)(C)CCOC(C)=O)OC(=O)C(CCCCCCCCC)C(C)=O. The number of hydrogen-bond donors (Lipinski definition) is 1. The lowest BCUT2D eigenvalue weighted by molar-refractivity contribution is -0.883. The number of Topliss-reactive ketones (excluding diaryl/α,β-unsaturated/α-hetero) is 1. The lowest BCUT2D eigenvalue weighted by atomic mass is 9.97. The van der Waals surface area contributed by atoms with E-state index in [9.17, 15) is 29.1 Å². The molecule has 1 N–H and O–H groups in total. The molecule has 0 saturated carbocycles. The van der Waals surface area contributed by atoms with E-state index in [0.29, 0.717) is 43.1 Å². The highest BCUT2D eigenvalue weighted by molar-refractivity contribution is 5.97. The minimum absolute atomic E-state index is 0.118. The Morgan fingerprint density at radius 2 is 1.10 bits per heavy atom. The number of aliphatic hydroxyl groups excluding tert-OH is 1. The third-order valence-electron chi connectivity index (χ3n) is 11.1. The maximum absolute atomic E-state index is 13.2. The minimum atomic E-state index is -0.961. The maximum atomic E-state index is 13.2. The van der Waals surface area contributed by atoms with Gasteiger partial charge in [0, 0.05) is 19.8 Å². The van der Waals surface area contributed by atoms with Gasteiger partial charge in [-0.3, -0.25) is 19.2 Å². The van der Waals surface area contributed by atoms with Crippen LogP contribution in [0.2, 0.25) is 0 Å². The number of rotatable bonds is 41. The van der Waals surface area contributed by atoms with Gasteiger partial charge in [0.25, 0.3) is 0 Å². The van der Waals surface area contributed by atoms with Crippen molar-refractivity contribution in [2.24, 2.45) is 5.92 Å². The van der Waals surface area contributed by atoms with Crippen LogP contribution in [0.15, 0.2) is 12.2 Å². The number of quaternary nitrogens is 1. The van der Waals surface area contributed by atoms with Crippen LogP contribution in [0.5, 0.6) is 0 Å². The molecule has 4 unspecified atom stereocenters. The van der Waals surface area contributed by atoms with Crippen LogP contribution in [-0.2, 0) is 42.9 Å². The number of ketones is 1. The highest BCUT2D eigenvalue weighted by atomic mass is 16.7. The van der Waals surface area contributed by atoms with Gasteiger partial charge >= 0.3 is 23.9 Å². The number of esters is 4. The van der Waals surface area contributed by atoms with Gasteiger partial charge in [-0.05, 0) is 58.3 Å². The van der Waals surface area contributed by atoms with E-state index in [2.05, 4.69) is 26.8 Å². The lowest BCUT2D eigenvalue weighted by Crippen LogP contribution is -2.47. The molecule has 0 bridgehead atoms. The lowest BCUT2D eigenvalue weighted by Gasteiger charge is -2.30. The summed E-state index contributed by atoms with van der Waals surface area (Å²) in [4.78, 5) is 62.4. The van der Waals surface area contributed by atoms with Gasteiger partial charge in [-0.2, -0.15) is 0 Å². The van der Waals surface area contributed by atoms with Crippen LogP contribution in [0.3, 0.4) is 0 Å². The first-order chi connectivity index (χ1) is 28.8. The number of carbonyl (C=O) groups is 5. The second kappa shape index (κ2) is 37.9. The molecule has 0 aliphatic rings. The largest absolute Gasteiger partial charge is 0.460 e. The molecule has 0 heterocycles. The molecule has 0 aromatic rings. The van der Waals surface area contributed by atoms with Crippen molar-refractivity contribution in [2.45, 2.75) is 233 Å². The normalized spacial score (nSPS) is 13.7. The Labute approximate surface area is 366 Å². The van der Waals surface area contributed by atoms with Crippen LogP contribution >= 0.6 is 0 Å². The molecule has 0 saturated heterocycles. The average molecular weight is 853 g/mol. The Kier molecular flexibility index (Phi) is 36.2. The maximum Gasteiger partial charge on any atom is 0.362 e. The summed E-state index contributed by atoms with van der Waals surface area (Å²) >= 11 is 0. The Hall–Kier alpha value is -2.79. The molecule has 0 rings (SSSR count). The van der Waals surface area contributed by atoms with Gasteiger partial charge in [-0.25, -0.2) is 4.79 Å². The van der Waals surface area contributed by atoms with E-state index in [1.165, 1.54) is 65.2 Å². The number of nitrogens with zero attached hydrogens (tertiary/aromatic N) is 1. The molecule has 350 valence electrons. The smallest absolute Gasteiger partial charge is 0.362 e. The molecule has 0 fully saturated rings. The molecule has 60 heavy (non-hydrogen) atoms. The first-order valence-electron chi connectivity index (χ1n) is 24.1. The fraction of sp³-hybridized carbons (Fsp3) is 0.857. The van der Waals surface area contributed by atoms with Crippen molar-refractivity contribution < 1.29 is 52.5 Å². The molecule has 4 atom stereocenters. The van der Waals surface area contributed by atoms with E-state index in [-0.39, 0.29) is 43.3 Å². The van der Waals surface area contributed by atoms with Crippen LogP contribution in [0, 0.1) is 5.92 Å². The third kappa shape index (κ3) is 33.9. The number of carbonyl (C=O) groups excluding carboxylic acids is 5. The van der Waals surface area contributed by atoms with Crippen molar-refractivity contribution >= 4 is 29.7 Å². The van der Waals surface area contributed by atoms with Gasteiger partial charge < -0.3 is 28.5 Å². The monoisotopic (exact) mass is 853 g/mol. The zero-order chi connectivity index (χ0) is 44.9. The first kappa shape index (κ1) is 57.2. The van der Waals surface area contributed by atoms with Crippen LogP contribution in [-0.4, -0.2) is 91.5 Å². The molecule has 0 aliphatic heterocycles. The number of hydrogen-bond acceptors (Lipinski definition) is 10. The van der Waals surface area contributed by atoms with E-state index in [4.69, 9.17) is 18.9 Å². The highest BCUT2D eigenvalue weighted by Crippen LogP contribution is 2.20. The average Bonchev–Trinajstić information content (AvgIpc) is 3.18. The topological polar surface area (TPSA) is 143 Å². The van der Waals surface area contributed by atoms with Gasteiger partial charge in [0.15, 0.2) is 6.54 Å². The minimum Gasteiger partial charge on any atom is -0.460 e. The van der Waals surface area contributed by atoms with Crippen molar-refractivity contribution in [3.05, 3.63) is 12.2 Å².